The molecule has 0 aliphatic rings. The van der Waals surface area contributed by atoms with E-state index >= 15 is 0 Å². The molecule has 2 aromatic rings. The van der Waals surface area contributed by atoms with Crippen LogP contribution in [0.25, 0.3) is 0 Å². The molecule has 4 nitrogen and oxygen atoms in total. The lowest BCUT2D eigenvalue weighted by Gasteiger charge is -2.10. The summed E-state index contributed by atoms with van der Waals surface area (Å²) in [5.41, 5.74) is 1.15. The highest BCUT2D eigenvalue weighted by atomic mass is 79.9. The molecule has 6 heteroatoms. The summed E-state index contributed by atoms with van der Waals surface area (Å²) in [6.45, 7) is 3.22. The molecule has 0 unspecified atom stereocenters. The molecule has 0 saturated carbocycles. The van der Waals surface area contributed by atoms with Crippen LogP contribution in [0, 0.1) is 6.92 Å². The van der Waals surface area contributed by atoms with Gasteiger partial charge < -0.3 is 4.18 Å². The van der Waals surface area contributed by atoms with E-state index in [0.29, 0.717) is 4.47 Å². The molecule has 0 atom stereocenters. The minimum Gasteiger partial charge on any atom is -0.378 e. The van der Waals surface area contributed by atoms with Crippen molar-refractivity contribution in [2.75, 3.05) is 0 Å². The standard InChI is InChI=1S/C15H13BrO4S/c1-10-3-6-13(7-4-10)21(18,19)20-15-8-5-12(16)9-14(15)11(2)17/h3-9H,1-2H3. The first-order valence-corrected chi connectivity index (χ1v) is 8.31. The minimum atomic E-state index is -3.97. The van der Waals surface area contributed by atoms with Gasteiger partial charge in [0, 0.05) is 4.47 Å². The number of hydrogen-bond acceptors (Lipinski definition) is 4. The topological polar surface area (TPSA) is 60.4 Å². The number of benzene rings is 2. The molecular formula is C15H13BrO4S. The van der Waals surface area contributed by atoms with E-state index in [9.17, 15) is 13.2 Å². The van der Waals surface area contributed by atoms with Crippen LogP contribution in [0.2, 0.25) is 0 Å². The van der Waals surface area contributed by atoms with Crippen molar-refractivity contribution in [3.05, 3.63) is 58.1 Å². The molecule has 21 heavy (non-hydrogen) atoms. The number of halogens is 1. The van der Waals surface area contributed by atoms with Crippen LogP contribution in [-0.4, -0.2) is 14.2 Å². The van der Waals surface area contributed by atoms with Crippen LogP contribution in [0.5, 0.6) is 5.75 Å². The van der Waals surface area contributed by atoms with Gasteiger partial charge in [0.05, 0.1) is 5.56 Å². The van der Waals surface area contributed by atoms with Crippen molar-refractivity contribution in [2.24, 2.45) is 0 Å². The van der Waals surface area contributed by atoms with Gasteiger partial charge in [-0.25, -0.2) is 0 Å². The predicted molar refractivity (Wildman–Crippen MR) is 83.1 cm³/mol. The molecule has 0 aliphatic carbocycles. The lowest BCUT2D eigenvalue weighted by atomic mass is 10.1. The first-order valence-electron chi connectivity index (χ1n) is 6.11. The Morgan fingerprint density at radius 3 is 2.29 bits per heavy atom. The maximum atomic E-state index is 12.2. The molecule has 0 N–H and O–H groups in total. The summed E-state index contributed by atoms with van der Waals surface area (Å²) in [4.78, 5) is 11.6. The summed E-state index contributed by atoms with van der Waals surface area (Å²) in [6.07, 6.45) is 0. The quantitative estimate of drug-likeness (QED) is 0.609. The molecular weight excluding hydrogens is 356 g/mol. The number of rotatable bonds is 4. The summed E-state index contributed by atoms with van der Waals surface area (Å²) in [6, 6.07) is 10.9. The van der Waals surface area contributed by atoms with Gasteiger partial charge in [0.15, 0.2) is 11.5 Å². The molecule has 2 rings (SSSR count). The average Bonchev–Trinajstić information content (AvgIpc) is 2.41. The number of hydrogen-bond donors (Lipinski definition) is 0. The van der Waals surface area contributed by atoms with Gasteiger partial charge in [-0.2, -0.15) is 8.42 Å². The SMILES string of the molecule is CC(=O)c1cc(Br)ccc1OS(=O)(=O)c1ccc(C)cc1. The maximum absolute atomic E-state index is 12.2. The lowest BCUT2D eigenvalue weighted by Crippen LogP contribution is -2.12. The van der Waals surface area contributed by atoms with E-state index in [4.69, 9.17) is 4.18 Å². The van der Waals surface area contributed by atoms with Gasteiger partial charge in [-0.15, -0.1) is 0 Å². The monoisotopic (exact) mass is 368 g/mol. The highest BCUT2D eigenvalue weighted by Gasteiger charge is 2.19. The third-order valence-electron chi connectivity index (χ3n) is 2.83. The molecule has 0 aliphatic heterocycles. The molecule has 0 heterocycles. The fourth-order valence-corrected chi connectivity index (χ4v) is 3.03. The molecule has 0 saturated heterocycles. The summed E-state index contributed by atoms with van der Waals surface area (Å²) in [5.74, 6) is -0.253. The van der Waals surface area contributed by atoms with E-state index in [0.717, 1.165) is 5.56 Å². The van der Waals surface area contributed by atoms with Crippen LogP contribution >= 0.6 is 15.9 Å². The van der Waals surface area contributed by atoms with Gasteiger partial charge >= 0.3 is 10.1 Å². The van der Waals surface area contributed by atoms with E-state index in [1.165, 1.54) is 31.2 Å². The Hall–Kier alpha value is -1.66. The highest BCUT2D eigenvalue weighted by Crippen LogP contribution is 2.27. The van der Waals surface area contributed by atoms with Crippen LogP contribution < -0.4 is 4.18 Å². The second-order valence-corrected chi connectivity index (χ2v) is 7.01. The molecule has 110 valence electrons. The fraction of sp³-hybridized carbons (Fsp3) is 0.133. The zero-order valence-electron chi connectivity index (χ0n) is 11.5. The number of carbonyl (C=O) groups excluding carboxylic acids is 1. The normalized spacial score (nSPS) is 11.2. The first kappa shape index (κ1) is 15.7. The summed E-state index contributed by atoms with van der Waals surface area (Å²) in [5, 5.41) is 0. The van der Waals surface area contributed by atoms with Gasteiger partial charge in [-0.3, -0.25) is 4.79 Å². The Morgan fingerprint density at radius 1 is 1.10 bits per heavy atom. The van der Waals surface area contributed by atoms with E-state index in [2.05, 4.69) is 15.9 Å². The van der Waals surface area contributed by atoms with Crippen LogP contribution in [0.15, 0.2) is 51.8 Å². The zero-order valence-corrected chi connectivity index (χ0v) is 13.9. The van der Waals surface area contributed by atoms with Crippen LogP contribution in [0.1, 0.15) is 22.8 Å². The van der Waals surface area contributed by atoms with Gasteiger partial charge in [0.25, 0.3) is 0 Å². The van der Waals surface area contributed by atoms with Crippen molar-refractivity contribution in [3.8, 4) is 5.75 Å². The third kappa shape index (κ3) is 3.71. The zero-order chi connectivity index (χ0) is 15.6. The van der Waals surface area contributed by atoms with Gasteiger partial charge in [-0.1, -0.05) is 33.6 Å². The van der Waals surface area contributed by atoms with Crippen molar-refractivity contribution < 1.29 is 17.4 Å². The summed E-state index contributed by atoms with van der Waals surface area (Å²) < 4.78 is 30.2. The van der Waals surface area contributed by atoms with Gasteiger partial charge in [0.2, 0.25) is 0 Å². The second-order valence-electron chi connectivity index (χ2n) is 4.55. The Bertz CT molecular complexity index is 780. The molecule has 0 aromatic heterocycles. The minimum absolute atomic E-state index is 0.0197. The van der Waals surface area contributed by atoms with Crippen molar-refractivity contribution in [2.45, 2.75) is 18.7 Å². The predicted octanol–water partition coefficient (Wildman–Crippen LogP) is 3.73. The van der Waals surface area contributed by atoms with Gasteiger partial charge in [0.1, 0.15) is 4.90 Å². The van der Waals surface area contributed by atoms with Crippen molar-refractivity contribution in [1.29, 1.82) is 0 Å². The molecule has 0 amide bonds. The third-order valence-corrected chi connectivity index (χ3v) is 4.57. The molecule has 2 aromatic carbocycles. The van der Waals surface area contributed by atoms with E-state index in [1.807, 2.05) is 6.92 Å². The van der Waals surface area contributed by atoms with Crippen LogP contribution in [0.4, 0.5) is 0 Å². The largest absolute Gasteiger partial charge is 0.378 e. The van der Waals surface area contributed by atoms with Crippen LogP contribution in [-0.2, 0) is 10.1 Å². The van der Waals surface area contributed by atoms with E-state index < -0.39 is 10.1 Å². The second kappa shape index (κ2) is 5.99. The van der Waals surface area contributed by atoms with Crippen LogP contribution in [0.3, 0.4) is 0 Å². The Labute approximate surface area is 132 Å². The maximum Gasteiger partial charge on any atom is 0.339 e. The van der Waals surface area contributed by atoms with Crippen molar-refractivity contribution in [1.82, 2.24) is 0 Å². The molecule has 0 radical (unpaired) electrons. The molecule has 0 fully saturated rings. The highest BCUT2D eigenvalue weighted by molar-refractivity contribution is 9.10. The summed E-state index contributed by atoms with van der Waals surface area (Å²) in [7, 11) is -3.97. The Balaban J connectivity index is 2.41. The number of carbonyl (C=O) groups is 1. The summed E-state index contributed by atoms with van der Waals surface area (Å²) >= 11 is 3.24. The fourth-order valence-electron chi connectivity index (χ4n) is 1.72. The number of Topliss-reactive ketones (excluding diaryl/α,β-unsaturated/α-hetero) is 1. The Kier molecular flexibility index (Phi) is 4.49. The number of aryl methyl sites for hydroxylation is 1. The van der Waals surface area contributed by atoms with Gasteiger partial charge in [-0.05, 0) is 44.2 Å². The number of ketones is 1. The van der Waals surface area contributed by atoms with Crippen molar-refractivity contribution in [3.63, 3.8) is 0 Å². The lowest BCUT2D eigenvalue weighted by molar-refractivity contribution is 0.101. The van der Waals surface area contributed by atoms with E-state index in [-0.39, 0.29) is 22.0 Å². The van der Waals surface area contributed by atoms with E-state index in [1.54, 1.807) is 18.2 Å². The molecule has 0 spiro atoms. The van der Waals surface area contributed by atoms with Crippen molar-refractivity contribution >= 4 is 31.8 Å². The first-order chi connectivity index (χ1) is 9.79. The average molecular weight is 369 g/mol. The smallest absolute Gasteiger partial charge is 0.339 e. The molecule has 0 bridgehead atoms. The Morgan fingerprint density at radius 2 is 1.71 bits per heavy atom.